The molecule has 0 saturated heterocycles. The number of nitrogens with one attached hydrogen (secondary N) is 2. The van der Waals surface area contributed by atoms with E-state index in [1.54, 1.807) is 0 Å². The summed E-state index contributed by atoms with van der Waals surface area (Å²) in [6.45, 7) is 0. The molecule has 1 aliphatic carbocycles. The van der Waals surface area contributed by atoms with Gasteiger partial charge in [0.05, 0.1) is 18.9 Å². The second-order valence-corrected chi connectivity index (χ2v) is 4.75. The predicted octanol–water partition coefficient (Wildman–Crippen LogP) is 0.496. The molecule has 3 rings (SSSR count). The van der Waals surface area contributed by atoms with E-state index in [1.165, 1.54) is 25.1 Å². The number of hydrogen-bond donors (Lipinski definition) is 2. The van der Waals surface area contributed by atoms with E-state index in [-0.39, 0.29) is 18.0 Å². The number of carbonyl (C=O) groups excluding carboxylic acids is 1. The molecule has 0 bridgehead atoms. The lowest BCUT2D eigenvalue weighted by Gasteiger charge is -2.22. The fourth-order valence-electron chi connectivity index (χ4n) is 2.34. The lowest BCUT2D eigenvalue weighted by Crippen LogP contribution is -2.38. The molecule has 7 heteroatoms. The number of H-pyrrole nitrogens is 1. The first-order valence-electron chi connectivity index (χ1n) is 6.44. The van der Waals surface area contributed by atoms with Crippen molar-refractivity contribution in [1.29, 1.82) is 0 Å². The molecule has 0 unspecified atom stereocenters. The van der Waals surface area contributed by atoms with Crippen molar-refractivity contribution in [1.82, 2.24) is 25.5 Å². The first-order valence-corrected chi connectivity index (χ1v) is 6.44. The maximum absolute atomic E-state index is 12.1. The molecule has 2 N–H and O–H groups in total. The van der Waals surface area contributed by atoms with Crippen LogP contribution < -0.4 is 10.1 Å². The highest BCUT2D eigenvalue weighted by atomic mass is 16.5. The van der Waals surface area contributed by atoms with E-state index < -0.39 is 0 Å². The van der Waals surface area contributed by atoms with Crippen LogP contribution in [0.15, 0.2) is 18.6 Å². The summed E-state index contributed by atoms with van der Waals surface area (Å²) >= 11 is 0. The van der Waals surface area contributed by atoms with Crippen molar-refractivity contribution < 1.29 is 9.53 Å². The molecule has 1 amide bonds. The first kappa shape index (κ1) is 12.6. The second-order valence-electron chi connectivity index (χ2n) is 4.75. The normalized spacial score (nSPS) is 17.4. The zero-order valence-corrected chi connectivity index (χ0v) is 11.1. The largest absolute Gasteiger partial charge is 0.467 e. The molecule has 0 fully saturated rings. The molecule has 2 heterocycles. The number of amides is 1. The maximum Gasteiger partial charge on any atom is 0.316 e. The molecule has 1 atom stereocenters. The van der Waals surface area contributed by atoms with E-state index in [1.807, 2.05) is 6.20 Å². The Balaban J connectivity index is 1.64. The minimum absolute atomic E-state index is 0.109. The number of ether oxygens (including phenoxy) is 1. The molecule has 0 saturated carbocycles. The summed E-state index contributed by atoms with van der Waals surface area (Å²) in [6.07, 6.45) is 7.39. The Kier molecular flexibility index (Phi) is 3.32. The Morgan fingerprint density at radius 2 is 2.20 bits per heavy atom. The van der Waals surface area contributed by atoms with Gasteiger partial charge in [0, 0.05) is 30.6 Å². The smallest absolute Gasteiger partial charge is 0.316 e. The average Bonchev–Trinajstić information content (AvgIpc) is 2.95. The summed E-state index contributed by atoms with van der Waals surface area (Å²) in [6, 6.07) is 0.360. The summed E-state index contributed by atoms with van der Waals surface area (Å²) in [5.41, 5.74) is 2.78. The van der Waals surface area contributed by atoms with Gasteiger partial charge in [-0.25, -0.2) is 9.97 Å². The van der Waals surface area contributed by atoms with Crippen LogP contribution in [0.4, 0.5) is 0 Å². The second kappa shape index (κ2) is 5.28. The van der Waals surface area contributed by atoms with Crippen LogP contribution in [0.25, 0.3) is 0 Å². The van der Waals surface area contributed by atoms with Gasteiger partial charge in [-0.1, -0.05) is 0 Å². The van der Waals surface area contributed by atoms with Crippen LogP contribution in [-0.2, 0) is 12.8 Å². The Hall–Kier alpha value is -2.44. The Labute approximate surface area is 115 Å². The number of methoxy groups -OCH3 is 1. The molecule has 2 aromatic rings. The van der Waals surface area contributed by atoms with Crippen molar-refractivity contribution in [3.05, 3.63) is 35.4 Å². The van der Waals surface area contributed by atoms with Crippen LogP contribution in [0.3, 0.4) is 0 Å². The molecule has 7 nitrogen and oxygen atoms in total. The van der Waals surface area contributed by atoms with Gasteiger partial charge in [-0.3, -0.25) is 9.89 Å². The molecule has 104 valence electrons. The molecule has 1 aliphatic rings. The lowest BCUT2D eigenvalue weighted by atomic mass is 9.93. The summed E-state index contributed by atoms with van der Waals surface area (Å²) in [5, 5.41) is 9.99. The number of aromatic amines is 1. The minimum Gasteiger partial charge on any atom is -0.467 e. The van der Waals surface area contributed by atoms with E-state index in [9.17, 15) is 4.79 Å². The molecular formula is C13H15N5O2. The van der Waals surface area contributed by atoms with Crippen molar-refractivity contribution in [3.8, 4) is 6.01 Å². The third kappa shape index (κ3) is 2.47. The maximum atomic E-state index is 12.1. The SMILES string of the molecule is COc1ncc(C(=O)N[C@@H]2CCc3cn[nH]c3C2)cn1. The van der Waals surface area contributed by atoms with Gasteiger partial charge in [0.2, 0.25) is 0 Å². The van der Waals surface area contributed by atoms with Gasteiger partial charge in [0.15, 0.2) is 0 Å². The minimum atomic E-state index is -0.166. The highest BCUT2D eigenvalue weighted by Crippen LogP contribution is 2.19. The summed E-state index contributed by atoms with van der Waals surface area (Å²) in [4.78, 5) is 20.0. The summed E-state index contributed by atoms with van der Waals surface area (Å²) in [5.74, 6) is -0.166. The summed E-state index contributed by atoms with van der Waals surface area (Å²) in [7, 11) is 1.49. The lowest BCUT2D eigenvalue weighted by molar-refractivity contribution is 0.0932. The number of nitrogens with zero attached hydrogens (tertiary/aromatic N) is 3. The van der Waals surface area contributed by atoms with Crippen LogP contribution in [0.2, 0.25) is 0 Å². The molecule has 2 aromatic heterocycles. The number of hydrogen-bond acceptors (Lipinski definition) is 5. The van der Waals surface area contributed by atoms with Crippen LogP contribution in [0, 0.1) is 0 Å². The molecule has 0 spiro atoms. The fraction of sp³-hybridized carbons (Fsp3) is 0.385. The quantitative estimate of drug-likeness (QED) is 0.849. The third-order valence-corrected chi connectivity index (χ3v) is 3.43. The van der Waals surface area contributed by atoms with Crippen LogP contribution in [-0.4, -0.2) is 39.2 Å². The van der Waals surface area contributed by atoms with Crippen LogP contribution in [0.5, 0.6) is 6.01 Å². The van der Waals surface area contributed by atoms with Crippen LogP contribution in [0.1, 0.15) is 28.0 Å². The van der Waals surface area contributed by atoms with E-state index >= 15 is 0 Å². The number of rotatable bonds is 3. The van der Waals surface area contributed by atoms with Gasteiger partial charge in [0.1, 0.15) is 0 Å². The number of aryl methyl sites for hydroxylation is 1. The highest BCUT2D eigenvalue weighted by molar-refractivity contribution is 5.93. The standard InChI is InChI=1S/C13H15N5O2/c1-20-13-14-5-9(6-15-13)12(19)17-10-3-2-8-7-16-18-11(8)4-10/h5-7,10H,2-4H2,1H3,(H,16,18)(H,17,19)/t10-/m1/s1. The van der Waals surface area contributed by atoms with Gasteiger partial charge in [-0.15, -0.1) is 0 Å². The van der Waals surface area contributed by atoms with Crippen molar-refractivity contribution in [2.45, 2.75) is 25.3 Å². The van der Waals surface area contributed by atoms with E-state index in [4.69, 9.17) is 4.74 Å². The topological polar surface area (TPSA) is 92.8 Å². The van der Waals surface area contributed by atoms with Gasteiger partial charge < -0.3 is 10.1 Å². The zero-order valence-electron chi connectivity index (χ0n) is 11.1. The third-order valence-electron chi connectivity index (χ3n) is 3.43. The summed E-state index contributed by atoms with van der Waals surface area (Å²) < 4.78 is 4.86. The molecule has 0 aromatic carbocycles. The first-order chi connectivity index (χ1) is 9.76. The molecule has 0 aliphatic heterocycles. The van der Waals surface area contributed by atoms with Crippen molar-refractivity contribution in [3.63, 3.8) is 0 Å². The van der Waals surface area contributed by atoms with Crippen molar-refractivity contribution >= 4 is 5.91 Å². The predicted molar refractivity (Wildman–Crippen MR) is 70.5 cm³/mol. The van der Waals surface area contributed by atoms with E-state index in [0.717, 1.165) is 25.0 Å². The van der Waals surface area contributed by atoms with Gasteiger partial charge in [0.25, 0.3) is 5.91 Å². The fourth-order valence-corrected chi connectivity index (χ4v) is 2.34. The number of fused-ring (bicyclic) bond motifs is 1. The van der Waals surface area contributed by atoms with Gasteiger partial charge in [-0.2, -0.15) is 5.10 Å². The zero-order chi connectivity index (χ0) is 13.9. The van der Waals surface area contributed by atoms with Gasteiger partial charge >= 0.3 is 6.01 Å². The van der Waals surface area contributed by atoms with Crippen LogP contribution >= 0.6 is 0 Å². The van der Waals surface area contributed by atoms with E-state index in [0.29, 0.717) is 5.56 Å². The Morgan fingerprint density at radius 3 is 2.95 bits per heavy atom. The highest BCUT2D eigenvalue weighted by Gasteiger charge is 2.22. The van der Waals surface area contributed by atoms with Crippen molar-refractivity contribution in [2.75, 3.05) is 7.11 Å². The number of carbonyl (C=O) groups is 1. The molecular weight excluding hydrogens is 258 g/mol. The Morgan fingerprint density at radius 1 is 1.40 bits per heavy atom. The van der Waals surface area contributed by atoms with Crippen molar-refractivity contribution in [2.24, 2.45) is 0 Å². The number of aromatic nitrogens is 4. The average molecular weight is 273 g/mol. The monoisotopic (exact) mass is 273 g/mol. The van der Waals surface area contributed by atoms with E-state index in [2.05, 4.69) is 25.5 Å². The molecule has 0 radical (unpaired) electrons. The van der Waals surface area contributed by atoms with Gasteiger partial charge in [-0.05, 0) is 18.4 Å². The molecule has 20 heavy (non-hydrogen) atoms. The Bertz CT molecular complexity index is 607.